The zero-order valence-electron chi connectivity index (χ0n) is 30.8. The molecule has 1 aliphatic rings. The Kier molecular flexibility index (Phi) is 6.93. The molecule has 2 heteroatoms. The van der Waals surface area contributed by atoms with E-state index < -0.39 is 0 Å². The molecule has 9 aromatic carbocycles. The first kappa shape index (κ1) is 31.6. The lowest BCUT2D eigenvalue weighted by molar-refractivity contribution is 0.660. The molecule has 0 aliphatic heterocycles. The largest absolute Gasteiger partial charge is 0.456 e. The number of furan rings is 1. The van der Waals surface area contributed by atoms with E-state index in [1.54, 1.807) is 0 Å². The summed E-state index contributed by atoms with van der Waals surface area (Å²) in [7, 11) is 0. The van der Waals surface area contributed by atoms with Crippen molar-refractivity contribution in [2.75, 3.05) is 4.90 Å². The van der Waals surface area contributed by atoms with Gasteiger partial charge in [0.2, 0.25) is 0 Å². The second-order valence-corrected chi connectivity index (χ2v) is 15.3. The molecule has 1 heterocycles. The van der Waals surface area contributed by atoms with Crippen LogP contribution in [-0.2, 0) is 5.41 Å². The molecule has 260 valence electrons. The molecule has 0 atom stereocenters. The van der Waals surface area contributed by atoms with Crippen molar-refractivity contribution >= 4 is 60.5 Å². The standard InChI is InChI=1S/C53H37NO/c1-53(2)47-20-7-5-18-45(47)52-48(53)21-11-22-49(52)54(41-15-9-14-38(31-41)43-19-10-13-35-12-3-4-16-42(35)43)40-28-26-34(27-29-40)36-24-25-37-32-46-44-17-6-8-23-50(44)55-51(46)33-39(37)30-36/h3-33H,1-2H3. The number of benzene rings is 9. The van der Waals surface area contributed by atoms with Crippen molar-refractivity contribution in [2.45, 2.75) is 19.3 Å². The molecule has 0 saturated heterocycles. The van der Waals surface area contributed by atoms with E-state index in [0.29, 0.717) is 0 Å². The maximum absolute atomic E-state index is 6.25. The monoisotopic (exact) mass is 703 g/mol. The summed E-state index contributed by atoms with van der Waals surface area (Å²) >= 11 is 0. The van der Waals surface area contributed by atoms with E-state index in [0.717, 1.165) is 33.3 Å². The van der Waals surface area contributed by atoms with Crippen molar-refractivity contribution in [1.82, 2.24) is 0 Å². The minimum absolute atomic E-state index is 0.105. The highest BCUT2D eigenvalue weighted by molar-refractivity contribution is 6.10. The third-order valence-corrected chi connectivity index (χ3v) is 11.8. The highest BCUT2D eigenvalue weighted by Crippen LogP contribution is 2.54. The topological polar surface area (TPSA) is 16.4 Å². The maximum atomic E-state index is 6.25. The van der Waals surface area contributed by atoms with Gasteiger partial charge in [-0.15, -0.1) is 0 Å². The van der Waals surface area contributed by atoms with Crippen LogP contribution in [-0.4, -0.2) is 0 Å². The van der Waals surface area contributed by atoms with Crippen LogP contribution >= 0.6 is 0 Å². The van der Waals surface area contributed by atoms with Crippen LogP contribution in [0.15, 0.2) is 192 Å². The van der Waals surface area contributed by atoms with E-state index in [1.807, 2.05) is 12.1 Å². The van der Waals surface area contributed by atoms with Gasteiger partial charge in [-0.25, -0.2) is 0 Å². The van der Waals surface area contributed by atoms with E-state index >= 15 is 0 Å². The summed E-state index contributed by atoms with van der Waals surface area (Å²) in [6.45, 7) is 4.70. The number of fused-ring (bicyclic) bond motifs is 8. The summed E-state index contributed by atoms with van der Waals surface area (Å²) in [6, 6.07) is 68.6. The zero-order valence-corrected chi connectivity index (χ0v) is 30.8. The number of hydrogen-bond acceptors (Lipinski definition) is 2. The van der Waals surface area contributed by atoms with Gasteiger partial charge in [-0.1, -0.05) is 147 Å². The lowest BCUT2D eigenvalue weighted by atomic mass is 9.82. The Balaban J connectivity index is 1.06. The first-order valence-electron chi connectivity index (χ1n) is 19.1. The van der Waals surface area contributed by atoms with Gasteiger partial charge in [-0.2, -0.15) is 0 Å². The quantitative estimate of drug-likeness (QED) is 0.177. The summed E-state index contributed by atoms with van der Waals surface area (Å²) in [6.07, 6.45) is 0. The molecule has 0 spiro atoms. The van der Waals surface area contributed by atoms with Crippen molar-refractivity contribution in [1.29, 1.82) is 0 Å². The lowest BCUT2D eigenvalue weighted by Gasteiger charge is -2.29. The summed E-state index contributed by atoms with van der Waals surface area (Å²) in [4.78, 5) is 2.45. The van der Waals surface area contributed by atoms with Gasteiger partial charge in [-0.3, -0.25) is 0 Å². The van der Waals surface area contributed by atoms with E-state index in [2.05, 4.69) is 195 Å². The molecule has 11 rings (SSSR count). The smallest absolute Gasteiger partial charge is 0.136 e. The Hall–Kier alpha value is -6.90. The first-order valence-corrected chi connectivity index (χ1v) is 19.1. The predicted molar refractivity (Wildman–Crippen MR) is 232 cm³/mol. The molecule has 1 aromatic heterocycles. The number of hydrogen-bond donors (Lipinski definition) is 0. The number of nitrogens with zero attached hydrogens (tertiary/aromatic N) is 1. The van der Waals surface area contributed by atoms with E-state index in [1.165, 1.54) is 71.7 Å². The number of rotatable bonds is 5. The third-order valence-electron chi connectivity index (χ3n) is 11.8. The number of para-hydroxylation sites is 1. The summed E-state index contributed by atoms with van der Waals surface area (Å²) in [5.74, 6) is 0. The van der Waals surface area contributed by atoms with Crippen LogP contribution in [0.1, 0.15) is 25.0 Å². The van der Waals surface area contributed by atoms with E-state index in [9.17, 15) is 0 Å². The molecule has 0 saturated carbocycles. The SMILES string of the molecule is CC1(C)c2ccccc2-c2c(N(c3ccc(-c4ccc5cc6c(cc5c4)oc4ccccc46)cc3)c3cccc(-c4cccc5ccccc45)c3)cccc21. The third kappa shape index (κ3) is 4.95. The Morgan fingerprint density at radius 2 is 1.11 bits per heavy atom. The molecule has 10 aromatic rings. The van der Waals surface area contributed by atoms with Gasteiger partial charge in [0, 0.05) is 33.1 Å². The molecular formula is C53H37NO. The van der Waals surface area contributed by atoms with E-state index in [-0.39, 0.29) is 5.41 Å². The molecule has 55 heavy (non-hydrogen) atoms. The molecule has 0 N–H and O–H groups in total. The average Bonchev–Trinajstić information content (AvgIpc) is 3.71. The Labute approximate surface area is 320 Å². The van der Waals surface area contributed by atoms with Gasteiger partial charge in [0.25, 0.3) is 0 Å². The maximum Gasteiger partial charge on any atom is 0.136 e. The predicted octanol–water partition coefficient (Wildman–Crippen LogP) is 15.0. The zero-order chi connectivity index (χ0) is 36.7. The molecule has 0 amide bonds. The van der Waals surface area contributed by atoms with Gasteiger partial charge in [0.15, 0.2) is 0 Å². The fraction of sp³-hybridized carbons (Fsp3) is 0.0566. The second kappa shape index (κ2) is 12.1. The second-order valence-electron chi connectivity index (χ2n) is 15.3. The van der Waals surface area contributed by atoms with Crippen LogP contribution in [0.2, 0.25) is 0 Å². The molecule has 0 radical (unpaired) electrons. The minimum atomic E-state index is -0.105. The van der Waals surface area contributed by atoms with Crippen molar-refractivity contribution in [3.05, 3.63) is 199 Å². The van der Waals surface area contributed by atoms with Gasteiger partial charge in [0.1, 0.15) is 11.2 Å². The summed E-state index contributed by atoms with van der Waals surface area (Å²) in [5.41, 5.74) is 15.2. The van der Waals surface area contributed by atoms with Crippen LogP contribution in [0.4, 0.5) is 17.1 Å². The highest BCUT2D eigenvalue weighted by atomic mass is 16.3. The number of anilines is 3. The van der Waals surface area contributed by atoms with Crippen LogP contribution in [0.25, 0.3) is 76.9 Å². The molecule has 0 unspecified atom stereocenters. The Bertz CT molecular complexity index is 3120. The van der Waals surface area contributed by atoms with Crippen LogP contribution in [0, 0.1) is 0 Å². The molecule has 0 fully saturated rings. The van der Waals surface area contributed by atoms with E-state index in [4.69, 9.17) is 4.42 Å². The Morgan fingerprint density at radius 3 is 2.02 bits per heavy atom. The fourth-order valence-corrected chi connectivity index (χ4v) is 9.09. The van der Waals surface area contributed by atoms with Crippen molar-refractivity contribution in [3.8, 4) is 33.4 Å². The molecule has 2 nitrogen and oxygen atoms in total. The van der Waals surface area contributed by atoms with Crippen LogP contribution < -0.4 is 4.90 Å². The highest BCUT2D eigenvalue weighted by Gasteiger charge is 2.37. The Morgan fingerprint density at radius 1 is 0.400 bits per heavy atom. The first-order chi connectivity index (χ1) is 27.0. The normalized spacial score (nSPS) is 13.1. The van der Waals surface area contributed by atoms with Gasteiger partial charge >= 0.3 is 0 Å². The van der Waals surface area contributed by atoms with Gasteiger partial charge in [0.05, 0.1) is 5.69 Å². The fourth-order valence-electron chi connectivity index (χ4n) is 9.09. The summed E-state index contributed by atoms with van der Waals surface area (Å²) in [5, 5.41) is 7.18. The van der Waals surface area contributed by atoms with Crippen molar-refractivity contribution < 1.29 is 4.42 Å². The molecule has 1 aliphatic carbocycles. The van der Waals surface area contributed by atoms with Crippen LogP contribution in [0.5, 0.6) is 0 Å². The minimum Gasteiger partial charge on any atom is -0.456 e. The molecular weight excluding hydrogens is 667 g/mol. The molecule has 0 bridgehead atoms. The van der Waals surface area contributed by atoms with Gasteiger partial charge in [-0.05, 0) is 115 Å². The average molecular weight is 704 g/mol. The van der Waals surface area contributed by atoms with Crippen molar-refractivity contribution in [3.63, 3.8) is 0 Å². The lowest BCUT2D eigenvalue weighted by Crippen LogP contribution is -2.16. The van der Waals surface area contributed by atoms with Gasteiger partial charge < -0.3 is 9.32 Å². The van der Waals surface area contributed by atoms with Crippen molar-refractivity contribution in [2.24, 2.45) is 0 Å². The summed E-state index contributed by atoms with van der Waals surface area (Å²) < 4.78 is 6.25. The van der Waals surface area contributed by atoms with Crippen LogP contribution in [0.3, 0.4) is 0 Å².